The van der Waals surface area contributed by atoms with Crippen LogP contribution in [-0.2, 0) is 70.7 Å². The number of para-hydroxylation sites is 1. The zero-order chi connectivity index (χ0) is 58.1. The number of piperidine rings is 1. The summed E-state index contributed by atoms with van der Waals surface area (Å²) in [5.74, 6) is -1.65. The molecule has 0 aliphatic carbocycles. The summed E-state index contributed by atoms with van der Waals surface area (Å²) >= 11 is 1.58. The number of likely N-dealkylation sites (tertiary alicyclic amines) is 2. The summed E-state index contributed by atoms with van der Waals surface area (Å²) in [7, 11) is 0. The minimum Gasteiger partial charge on any atom is -0.391 e. The number of hydrogen-bond acceptors (Lipinski definition) is 13. The topological polar surface area (TPSA) is 260 Å². The van der Waals surface area contributed by atoms with Crippen molar-refractivity contribution < 1.29 is 56.6 Å². The molecule has 0 radical (unpaired) electrons. The third kappa shape index (κ3) is 16.1. The number of amides is 6. The quantitative estimate of drug-likeness (QED) is 0.0692. The Morgan fingerprint density at radius 2 is 1.56 bits per heavy atom. The van der Waals surface area contributed by atoms with Gasteiger partial charge in [0.15, 0.2) is 0 Å². The number of rotatable bonds is 19. The van der Waals surface area contributed by atoms with Crippen LogP contribution in [0.4, 0.5) is 18.9 Å². The smallest absolute Gasteiger partial charge is 0.391 e. The predicted molar refractivity (Wildman–Crippen MR) is 295 cm³/mol. The first-order chi connectivity index (χ1) is 37.9. The minimum atomic E-state index is -4.64. The van der Waals surface area contributed by atoms with Gasteiger partial charge in [0.2, 0.25) is 41.7 Å². The summed E-state index contributed by atoms with van der Waals surface area (Å²) in [6.07, 6.45) is -2.36. The van der Waals surface area contributed by atoms with Crippen LogP contribution in [0.25, 0.3) is 10.4 Å². The van der Waals surface area contributed by atoms with Crippen LogP contribution < -0.4 is 32.3 Å². The van der Waals surface area contributed by atoms with E-state index in [-0.39, 0.29) is 69.1 Å². The van der Waals surface area contributed by atoms with Crippen molar-refractivity contribution in [3.05, 3.63) is 106 Å². The molecule has 0 spiro atoms. The van der Waals surface area contributed by atoms with Gasteiger partial charge in [-0.3, -0.25) is 43.4 Å². The fraction of sp³-hybridized carbons (Fsp3) is 0.517. The summed E-state index contributed by atoms with van der Waals surface area (Å²) < 4.78 is 37.6. The van der Waals surface area contributed by atoms with Crippen LogP contribution in [0.2, 0.25) is 0 Å². The van der Waals surface area contributed by atoms with Crippen molar-refractivity contribution in [2.75, 3.05) is 31.1 Å². The monoisotopic (exact) mass is 1130 g/mol. The molecule has 3 aromatic carbocycles. The first kappa shape index (κ1) is 61.0. The lowest BCUT2D eigenvalue weighted by Gasteiger charge is -2.36. The highest BCUT2D eigenvalue weighted by molar-refractivity contribution is 7.13. The highest BCUT2D eigenvalue weighted by atomic mass is 32.1. The number of alkyl halides is 3. The number of aliphatic hydroxyl groups excluding tert-OH is 1. The molecular weight excluding hydrogens is 1060 g/mol. The van der Waals surface area contributed by atoms with Gasteiger partial charge < -0.3 is 42.2 Å². The molecule has 80 heavy (non-hydrogen) atoms. The van der Waals surface area contributed by atoms with E-state index < -0.39 is 72.1 Å². The van der Waals surface area contributed by atoms with E-state index in [4.69, 9.17) is 21.0 Å². The molecule has 4 aliphatic rings. The molecule has 1 aromatic heterocycles. The Morgan fingerprint density at radius 1 is 0.912 bits per heavy atom. The third-order valence-corrected chi connectivity index (χ3v) is 16.3. The normalized spacial score (nSPS) is 20.6. The van der Waals surface area contributed by atoms with Crippen molar-refractivity contribution in [3.63, 3.8) is 0 Å². The van der Waals surface area contributed by atoms with Gasteiger partial charge in [-0.2, -0.15) is 13.2 Å². The number of hydrogen-bond donors (Lipinski definition) is 6. The standard InChI is InChI=1S/C56H73N9O8S.C2HF3O/c1-33-50(74-32-60-33)40-15-13-37(14-16-40)28-59-52(69)45-27-42(66)29-64(45)55(72)51(56(3,4)5)62-48(68)30-63-23-21-36(22-24-63)25-35-9-11-38(12-10-35)31-73-34(2)44(19-20-47(58)67)61-53(70)46-26-41-8-6-7-39-17-18-43(57)54(71)65(46)49(39)41;3-2(4,5)1-6/h6-16,32,34,36,42-46,51,66H,17-31,57H2,1-5H3,(H2,58,67)(H,59,69)(H,61,70)(H,62,68);1H/t34-,42-,43+,44+,45+,46+,51?;/m1./s1. The Balaban J connectivity index is 0.00000146. The van der Waals surface area contributed by atoms with Gasteiger partial charge in [-0.1, -0.05) is 87.5 Å². The molecule has 18 nitrogen and oxygen atoms in total. The molecule has 0 bridgehead atoms. The molecule has 2 saturated heterocycles. The third-order valence-electron chi connectivity index (χ3n) is 15.3. The largest absolute Gasteiger partial charge is 0.446 e. The van der Waals surface area contributed by atoms with E-state index in [2.05, 4.69) is 38.0 Å². The number of anilines is 1. The molecule has 22 heteroatoms. The summed E-state index contributed by atoms with van der Waals surface area (Å²) in [5.41, 5.74) is 20.7. The van der Waals surface area contributed by atoms with Gasteiger partial charge in [0.25, 0.3) is 0 Å². The molecule has 432 valence electrons. The van der Waals surface area contributed by atoms with Crippen LogP contribution in [0, 0.1) is 18.3 Å². The van der Waals surface area contributed by atoms with Gasteiger partial charge in [-0.25, -0.2) is 4.98 Å². The number of primary amides is 1. The number of aldehydes is 1. The Bertz CT molecular complexity index is 2840. The molecule has 5 heterocycles. The maximum Gasteiger partial charge on any atom is 0.446 e. The number of carbonyl (C=O) groups is 7. The number of aliphatic hydroxyl groups is 1. The van der Waals surface area contributed by atoms with Gasteiger partial charge in [0.05, 0.1) is 59.2 Å². The average Bonchev–Trinajstić information content (AvgIpc) is 4.17. The van der Waals surface area contributed by atoms with Gasteiger partial charge >= 0.3 is 6.18 Å². The van der Waals surface area contributed by atoms with Gasteiger partial charge in [-0.05, 0) is 110 Å². The molecule has 7 atom stereocenters. The maximum absolute atomic E-state index is 14.2. The number of aromatic nitrogens is 1. The molecule has 0 saturated carbocycles. The maximum atomic E-state index is 14.2. The van der Waals surface area contributed by atoms with Crippen LogP contribution in [0.15, 0.2) is 72.2 Å². The highest BCUT2D eigenvalue weighted by Gasteiger charge is 2.46. The first-order valence-corrected chi connectivity index (χ1v) is 28.0. The van der Waals surface area contributed by atoms with Gasteiger partial charge in [0, 0.05) is 32.4 Å². The summed E-state index contributed by atoms with van der Waals surface area (Å²) in [5, 5.41) is 19.7. The number of thiazole rings is 1. The molecule has 1 unspecified atom stereocenters. The number of ether oxygens (including phenoxy) is 1. The van der Waals surface area contributed by atoms with E-state index in [1.165, 1.54) is 10.5 Å². The first-order valence-electron chi connectivity index (χ1n) is 27.2. The summed E-state index contributed by atoms with van der Waals surface area (Å²) in [6, 6.07) is 18.3. The number of benzene rings is 3. The molecule has 4 aromatic rings. The lowest BCUT2D eigenvalue weighted by molar-refractivity contribution is -0.156. The van der Waals surface area contributed by atoms with E-state index in [0.29, 0.717) is 25.2 Å². The van der Waals surface area contributed by atoms with Crippen molar-refractivity contribution in [3.8, 4) is 10.4 Å². The lowest BCUT2D eigenvalue weighted by Crippen LogP contribution is -2.58. The molecule has 6 amide bonds. The number of carbonyl (C=O) groups excluding carboxylic acids is 7. The Morgan fingerprint density at radius 3 is 2.19 bits per heavy atom. The fourth-order valence-electron chi connectivity index (χ4n) is 10.9. The zero-order valence-corrected chi connectivity index (χ0v) is 46.7. The number of β-amino-alcohol motifs (C(OH)–C–C–N with tert-alkyl or cyclic N) is 1. The van der Waals surface area contributed by atoms with Crippen molar-refractivity contribution in [1.29, 1.82) is 0 Å². The second kappa shape index (κ2) is 26.8. The Labute approximate surface area is 468 Å². The van der Waals surface area contributed by atoms with Gasteiger partial charge in [0.1, 0.15) is 18.1 Å². The zero-order valence-electron chi connectivity index (χ0n) is 45.9. The average molecular weight is 1130 g/mol. The SMILES string of the molecule is Cc1ncsc1-c1ccc(CNC(=O)[C@@H]2C[C@@H](O)CN2C(=O)C(NC(=O)CN2CCC(Cc3ccc(CO[C@H](C)[C@H](CCC(N)=O)NC(=O)[C@@H]4Cc5cccc6c5N4C(=O)[C@@H](N)CC6)cc3)CC2)C(C)(C)C)cc1.O=CC(F)(F)F. The highest BCUT2D eigenvalue weighted by Crippen LogP contribution is 2.39. The summed E-state index contributed by atoms with van der Waals surface area (Å²) in [4.78, 5) is 99.9. The second-order valence-corrected chi connectivity index (χ2v) is 23.3. The van der Waals surface area contributed by atoms with E-state index in [1.807, 2.05) is 94.7 Å². The number of aryl methyl sites for hydroxylation is 2. The lowest BCUT2D eigenvalue weighted by atomic mass is 9.85. The van der Waals surface area contributed by atoms with Crippen LogP contribution in [-0.4, -0.2) is 136 Å². The van der Waals surface area contributed by atoms with E-state index in [1.54, 1.807) is 16.2 Å². The van der Waals surface area contributed by atoms with Crippen LogP contribution in [0.1, 0.15) is 99.7 Å². The van der Waals surface area contributed by atoms with Crippen molar-refractivity contribution in [1.82, 2.24) is 30.7 Å². The van der Waals surface area contributed by atoms with E-state index in [9.17, 15) is 47.0 Å². The van der Waals surface area contributed by atoms with Crippen molar-refractivity contribution in [2.24, 2.45) is 22.8 Å². The number of nitrogens with zero attached hydrogens (tertiary/aromatic N) is 4. The molecular formula is C58H74F3N9O9S. The summed E-state index contributed by atoms with van der Waals surface area (Å²) in [6.45, 7) is 11.6. The predicted octanol–water partition coefficient (Wildman–Crippen LogP) is 4.82. The molecule has 8 rings (SSSR count). The van der Waals surface area contributed by atoms with Crippen LogP contribution >= 0.6 is 11.3 Å². The fourth-order valence-corrected chi connectivity index (χ4v) is 11.7. The minimum absolute atomic E-state index is 0.00529. The number of halogens is 3. The van der Waals surface area contributed by atoms with E-state index >= 15 is 0 Å². The Kier molecular flexibility index (Phi) is 20.4. The molecule has 8 N–H and O–H groups in total. The molecule has 2 fully saturated rings. The second-order valence-electron chi connectivity index (χ2n) is 22.5. The number of nitrogens with one attached hydrogen (secondary N) is 3. The van der Waals surface area contributed by atoms with Crippen LogP contribution in [0.5, 0.6) is 0 Å². The van der Waals surface area contributed by atoms with Gasteiger partial charge in [-0.15, -0.1) is 11.3 Å². The number of nitrogens with two attached hydrogens (primary N) is 2. The molecule has 4 aliphatic heterocycles. The van der Waals surface area contributed by atoms with Crippen LogP contribution in [0.3, 0.4) is 0 Å². The van der Waals surface area contributed by atoms with Crippen molar-refractivity contribution >= 4 is 58.8 Å². The Hall–Kier alpha value is -6.59. The van der Waals surface area contributed by atoms with Crippen molar-refractivity contribution in [2.45, 2.75) is 154 Å². The van der Waals surface area contributed by atoms with E-state index in [0.717, 1.165) is 76.4 Å².